The first kappa shape index (κ1) is 19.9. The zero-order valence-corrected chi connectivity index (χ0v) is 15.0. The normalized spacial score (nSPS) is 11.3. The van der Waals surface area contributed by atoms with Crippen molar-refractivity contribution >= 4 is 29.2 Å². The van der Waals surface area contributed by atoms with Gasteiger partial charge in [0, 0.05) is 24.4 Å². The van der Waals surface area contributed by atoms with Gasteiger partial charge in [-0.3, -0.25) is 9.59 Å². The van der Waals surface area contributed by atoms with Crippen LogP contribution < -0.4 is 15.4 Å². The Morgan fingerprint density at radius 3 is 2.11 bits per heavy atom. The summed E-state index contributed by atoms with van der Waals surface area (Å²) in [4.78, 5) is 35.2. The van der Waals surface area contributed by atoms with Gasteiger partial charge in [-0.15, -0.1) is 0 Å². The van der Waals surface area contributed by atoms with Crippen molar-refractivity contribution in [3.8, 4) is 5.75 Å². The van der Waals surface area contributed by atoms with Gasteiger partial charge >= 0.3 is 5.97 Å². The molecule has 0 saturated carbocycles. The number of hydrogen-bond donors (Lipinski definition) is 2. The van der Waals surface area contributed by atoms with E-state index in [4.69, 9.17) is 9.47 Å². The molecule has 0 aliphatic rings. The summed E-state index contributed by atoms with van der Waals surface area (Å²) < 4.78 is 23.8. The van der Waals surface area contributed by atoms with Gasteiger partial charge in [0.2, 0.25) is 5.91 Å². The molecule has 7 nitrogen and oxygen atoms in total. The van der Waals surface area contributed by atoms with Crippen LogP contribution in [-0.2, 0) is 14.3 Å². The second-order valence-electron chi connectivity index (χ2n) is 5.64. The number of methoxy groups -OCH3 is 1. The maximum atomic E-state index is 13.9. The van der Waals surface area contributed by atoms with Crippen molar-refractivity contribution in [2.45, 2.75) is 20.0 Å². The van der Waals surface area contributed by atoms with E-state index in [2.05, 4.69) is 10.6 Å². The lowest BCUT2D eigenvalue weighted by Crippen LogP contribution is -2.30. The first-order valence-corrected chi connectivity index (χ1v) is 8.03. The van der Waals surface area contributed by atoms with Gasteiger partial charge < -0.3 is 20.1 Å². The molecule has 0 aliphatic heterocycles. The van der Waals surface area contributed by atoms with Gasteiger partial charge in [0.05, 0.1) is 12.7 Å². The molecule has 142 valence electrons. The summed E-state index contributed by atoms with van der Waals surface area (Å²) in [7, 11) is 1.38. The van der Waals surface area contributed by atoms with E-state index < -0.39 is 23.8 Å². The largest absolute Gasteiger partial charge is 0.497 e. The van der Waals surface area contributed by atoms with Crippen molar-refractivity contribution < 1.29 is 28.2 Å². The van der Waals surface area contributed by atoms with Crippen molar-refractivity contribution in [3.05, 3.63) is 53.8 Å². The summed E-state index contributed by atoms with van der Waals surface area (Å²) in [5.74, 6) is -2.29. The minimum Gasteiger partial charge on any atom is -0.497 e. The van der Waals surface area contributed by atoms with Crippen LogP contribution in [0.3, 0.4) is 0 Å². The number of anilines is 2. The van der Waals surface area contributed by atoms with Gasteiger partial charge in [-0.25, -0.2) is 9.18 Å². The van der Waals surface area contributed by atoms with Crippen LogP contribution in [0, 0.1) is 5.82 Å². The molecule has 0 aromatic heterocycles. The zero-order chi connectivity index (χ0) is 20.0. The molecular weight excluding hydrogens is 355 g/mol. The highest BCUT2D eigenvalue weighted by Gasteiger charge is 2.21. The van der Waals surface area contributed by atoms with Crippen LogP contribution in [-0.4, -0.2) is 31.0 Å². The van der Waals surface area contributed by atoms with Crippen LogP contribution >= 0.6 is 0 Å². The minimum absolute atomic E-state index is 0.210. The molecule has 27 heavy (non-hydrogen) atoms. The van der Waals surface area contributed by atoms with E-state index in [-0.39, 0.29) is 17.2 Å². The molecule has 1 atom stereocenters. The third-order valence-electron chi connectivity index (χ3n) is 3.52. The number of hydrogen-bond acceptors (Lipinski definition) is 5. The molecule has 0 fully saturated rings. The molecule has 0 saturated heterocycles. The zero-order valence-electron chi connectivity index (χ0n) is 15.0. The second kappa shape index (κ2) is 8.79. The van der Waals surface area contributed by atoms with Gasteiger partial charge in [-0.2, -0.15) is 0 Å². The predicted molar refractivity (Wildman–Crippen MR) is 97.2 cm³/mol. The Morgan fingerprint density at radius 2 is 1.59 bits per heavy atom. The topological polar surface area (TPSA) is 93.7 Å². The number of ether oxygens (including phenoxy) is 2. The molecule has 0 heterocycles. The van der Waals surface area contributed by atoms with Crippen molar-refractivity contribution in [2.24, 2.45) is 0 Å². The quantitative estimate of drug-likeness (QED) is 0.758. The Labute approximate surface area is 155 Å². The lowest BCUT2D eigenvalue weighted by molar-refractivity contribution is -0.123. The summed E-state index contributed by atoms with van der Waals surface area (Å²) in [5, 5.41) is 5.17. The first-order valence-electron chi connectivity index (χ1n) is 8.03. The molecule has 2 aromatic carbocycles. The molecular formula is C19H19FN2O5. The van der Waals surface area contributed by atoms with Crippen LogP contribution in [0.15, 0.2) is 42.5 Å². The lowest BCUT2D eigenvalue weighted by Gasteiger charge is -2.14. The first-order chi connectivity index (χ1) is 12.8. The predicted octanol–water partition coefficient (Wildman–Crippen LogP) is 2.98. The highest BCUT2D eigenvalue weighted by molar-refractivity contribution is 5.97. The summed E-state index contributed by atoms with van der Waals surface area (Å²) in [6.45, 7) is 2.76. The van der Waals surface area contributed by atoms with Gasteiger partial charge in [-0.05, 0) is 43.3 Å². The Balaban J connectivity index is 1.96. The third-order valence-corrected chi connectivity index (χ3v) is 3.52. The monoisotopic (exact) mass is 374 g/mol. The number of nitrogens with one attached hydrogen (secondary N) is 2. The van der Waals surface area contributed by atoms with Crippen molar-refractivity contribution in [1.82, 2.24) is 0 Å². The minimum atomic E-state index is -1.14. The van der Waals surface area contributed by atoms with E-state index in [0.717, 1.165) is 6.07 Å². The number of halogens is 1. The molecule has 0 bridgehead atoms. The SMILES string of the molecule is COc1ccc(C(=O)O[C@H](C)C(=O)Nc2ccc(NC(C)=O)cc2)c(F)c1. The van der Waals surface area contributed by atoms with Crippen LogP contribution in [0.4, 0.5) is 15.8 Å². The molecule has 2 rings (SSSR count). The fourth-order valence-electron chi connectivity index (χ4n) is 2.15. The molecule has 2 amide bonds. The fourth-order valence-corrected chi connectivity index (χ4v) is 2.15. The Bertz CT molecular complexity index is 852. The van der Waals surface area contributed by atoms with E-state index in [1.54, 1.807) is 24.3 Å². The molecule has 2 N–H and O–H groups in total. The fraction of sp³-hybridized carbons (Fsp3) is 0.211. The molecule has 0 radical (unpaired) electrons. The van der Waals surface area contributed by atoms with Gasteiger partial charge in [0.25, 0.3) is 5.91 Å². The van der Waals surface area contributed by atoms with Crippen molar-refractivity contribution in [3.63, 3.8) is 0 Å². The molecule has 0 unspecified atom stereocenters. The third kappa shape index (κ3) is 5.53. The lowest BCUT2D eigenvalue weighted by atomic mass is 10.2. The number of carbonyl (C=O) groups is 3. The Morgan fingerprint density at radius 1 is 1.00 bits per heavy atom. The molecule has 0 spiro atoms. The highest BCUT2D eigenvalue weighted by atomic mass is 19.1. The van der Waals surface area contributed by atoms with Gasteiger partial charge in [-0.1, -0.05) is 0 Å². The maximum Gasteiger partial charge on any atom is 0.341 e. The number of benzene rings is 2. The number of carbonyl (C=O) groups excluding carboxylic acids is 3. The van der Waals surface area contributed by atoms with Crippen molar-refractivity contribution in [1.29, 1.82) is 0 Å². The van der Waals surface area contributed by atoms with E-state index in [9.17, 15) is 18.8 Å². The summed E-state index contributed by atoms with van der Waals surface area (Å²) in [6, 6.07) is 10.1. The standard InChI is InChI=1S/C19H19FN2O5/c1-11(27-19(25)16-9-8-15(26-3)10-17(16)20)18(24)22-14-6-4-13(5-7-14)21-12(2)23/h4-11H,1-3H3,(H,21,23)(H,22,24)/t11-/m1/s1. The molecule has 8 heteroatoms. The van der Waals surface area contributed by atoms with E-state index in [1.807, 2.05) is 0 Å². The second-order valence-corrected chi connectivity index (χ2v) is 5.64. The van der Waals surface area contributed by atoms with E-state index in [0.29, 0.717) is 11.4 Å². The molecule has 0 aliphatic carbocycles. The molecule has 2 aromatic rings. The number of esters is 1. The van der Waals surface area contributed by atoms with Crippen LogP contribution in [0.25, 0.3) is 0 Å². The van der Waals surface area contributed by atoms with Gasteiger partial charge in [0.1, 0.15) is 11.6 Å². The smallest absolute Gasteiger partial charge is 0.341 e. The summed E-state index contributed by atoms with van der Waals surface area (Å²) in [6.07, 6.45) is -1.14. The average Bonchev–Trinajstić information content (AvgIpc) is 2.62. The average molecular weight is 374 g/mol. The summed E-state index contributed by atoms with van der Waals surface area (Å²) >= 11 is 0. The Kier molecular flexibility index (Phi) is 6.48. The van der Waals surface area contributed by atoms with Crippen LogP contribution in [0.1, 0.15) is 24.2 Å². The van der Waals surface area contributed by atoms with Crippen LogP contribution in [0.5, 0.6) is 5.75 Å². The van der Waals surface area contributed by atoms with Crippen LogP contribution in [0.2, 0.25) is 0 Å². The number of rotatable bonds is 6. The maximum absolute atomic E-state index is 13.9. The Hall–Kier alpha value is -3.42. The van der Waals surface area contributed by atoms with Crippen molar-refractivity contribution in [2.75, 3.05) is 17.7 Å². The van der Waals surface area contributed by atoms with E-state index >= 15 is 0 Å². The van der Waals surface area contributed by atoms with Gasteiger partial charge in [0.15, 0.2) is 6.10 Å². The van der Waals surface area contributed by atoms with E-state index in [1.165, 1.54) is 33.1 Å². The number of amides is 2. The summed E-state index contributed by atoms with van der Waals surface area (Å²) in [5.41, 5.74) is 0.734. The highest BCUT2D eigenvalue weighted by Crippen LogP contribution is 2.18.